The zero-order valence-corrected chi connectivity index (χ0v) is 27.0. The number of hydrogen-bond acceptors (Lipinski definition) is 6. The minimum absolute atomic E-state index is 0.273. The Morgan fingerprint density at radius 3 is 2.64 bits per heavy atom. The predicted molar refractivity (Wildman–Crippen MR) is 176 cm³/mol. The molecule has 0 aliphatic carbocycles. The first kappa shape index (κ1) is 29.0. The van der Waals surface area contributed by atoms with Crippen molar-refractivity contribution in [2.75, 3.05) is 31.2 Å². The van der Waals surface area contributed by atoms with Crippen molar-refractivity contribution in [2.45, 2.75) is 58.3 Å². The van der Waals surface area contributed by atoms with Gasteiger partial charge in [-0.3, -0.25) is 9.20 Å². The molecule has 2 saturated heterocycles. The van der Waals surface area contributed by atoms with E-state index in [1.54, 1.807) is 0 Å². The molecule has 2 aliphatic heterocycles. The van der Waals surface area contributed by atoms with E-state index in [1.165, 1.54) is 10.8 Å². The Morgan fingerprint density at radius 2 is 1.86 bits per heavy atom. The standard InChI is InChI=1S/C34H41N5O4Si/c1-23-29(32(40)41)34(21-43-23)12-15-37(16-13-34)33-36-31-28(30-35-14-17-39(30)33)27(20-38(31)22-42-18-19-44(2,3)4)26-11-7-9-24-8-5-6-10-25(24)26/h5-11,14,17,20,23,29H,12-13,15-16,18-19,21-22H2,1-4H3,(H,40,41)/t23-,29-/m0/s1. The molecule has 2 atom stereocenters. The molecule has 3 aromatic heterocycles. The number of carboxylic acid groups (broad SMARTS) is 1. The van der Waals surface area contributed by atoms with E-state index in [0.29, 0.717) is 26.4 Å². The van der Waals surface area contributed by atoms with Crippen LogP contribution in [0.2, 0.25) is 25.7 Å². The summed E-state index contributed by atoms with van der Waals surface area (Å²) in [7, 11) is -1.23. The monoisotopic (exact) mass is 611 g/mol. The number of rotatable bonds is 8. The summed E-state index contributed by atoms with van der Waals surface area (Å²) < 4.78 is 16.4. The molecule has 2 aliphatic rings. The molecule has 2 fully saturated rings. The zero-order chi connectivity index (χ0) is 30.6. The molecule has 9 nitrogen and oxygen atoms in total. The minimum Gasteiger partial charge on any atom is -0.481 e. The lowest BCUT2D eigenvalue weighted by Crippen LogP contribution is -2.47. The summed E-state index contributed by atoms with van der Waals surface area (Å²) in [6.45, 7) is 12.0. The van der Waals surface area contributed by atoms with Gasteiger partial charge in [0.1, 0.15) is 12.4 Å². The highest BCUT2D eigenvalue weighted by Gasteiger charge is 2.53. The van der Waals surface area contributed by atoms with Crippen molar-refractivity contribution in [1.82, 2.24) is 18.9 Å². The van der Waals surface area contributed by atoms with E-state index in [4.69, 9.17) is 19.4 Å². The number of aromatic nitrogens is 4. The van der Waals surface area contributed by atoms with Crippen LogP contribution in [-0.2, 0) is 21.0 Å². The van der Waals surface area contributed by atoms with Gasteiger partial charge in [0.15, 0.2) is 5.65 Å². The Hall–Kier alpha value is -3.73. The molecule has 1 spiro atoms. The van der Waals surface area contributed by atoms with Crippen LogP contribution < -0.4 is 4.90 Å². The second kappa shape index (κ2) is 11.0. The molecule has 0 amide bonds. The lowest BCUT2D eigenvalue weighted by Gasteiger charge is -2.41. The Balaban J connectivity index is 1.31. The molecule has 0 unspecified atom stereocenters. The first-order chi connectivity index (χ1) is 21.2. The van der Waals surface area contributed by atoms with Crippen LogP contribution in [0.4, 0.5) is 5.95 Å². The molecule has 5 aromatic rings. The van der Waals surface area contributed by atoms with E-state index < -0.39 is 20.0 Å². The number of piperidine rings is 1. The largest absolute Gasteiger partial charge is 0.481 e. The highest BCUT2D eigenvalue weighted by atomic mass is 28.3. The van der Waals surface area contributed by atoms with Crippen molar-refractivity contribution in [2.24, 2.45) is 11.3 Å². The van der Waals surface area contributed by atoms with E-state index in [9.17, 15) is 9.90 Å². The Kier molecular flexibility index (Phi) is 7.26. The first-order valence-electron chi connectivity index (χ1n) is 15.7. The third-order valence-electron chi connectivity index (χ3n) is 9.71. The van der Waals surface area contributed by atoms with Crippen LogP contribution in [0.25, 0.3) is 38.6 Å². The molecule has 10 heteroatoms. The fourth-order valence-corrected chi connectivity index (χ4v) is 8.02. The van der Waals surface area contributed by atoms with Gasteiger partial charge in [0.2, 0.25) is 5.95 Å². The van der Waals surface area contributed by atoms with E-state index >= 15 is 0 Å². The molecule has 0 radical (unpaired) electrons. The molecule has 7 rings (SSSR count). The van der Waals surface area contributed by atoms with Crippen LogP contribution >= 0.6 is 0 Å². The summed E-state index contributed by atoms with van der Waals surface area (Å²) in [6, 6.07) is 16.0. The number of anilines is 1. The van der Waals surface area contributed by atoms with Gasteiger partial charge in [-0.15, -0.1) is 0 Å². The Labute approximate surface area is 258 Å². The van der Waals surface area contributed by atoms with Gasteiger partial charge >= 0.3 is 5.97 Å². The second-order valence-electron chi connectivity index (χ2n) is 13.8. The van der Waals surface area contributed by atoms with Crippen LogP contribution in [0.3, 0.4) is 0 Å². The highest BCUT2D eigenvalue weighted by Crippen LogP contribution is 2.47. The number of ether oxygens (including phenoxy) is 2. The summed E-state index contributed by atoms with van der Waals surface area (Å²) in [4.78, 5) is 24.7. The fraction of sp³-hybridized carbons (Fsp3) is 0.441. The number of imidazole rings is 1. The average Bonchev–Trinajstić information content (AvgIpc) is 3.70. The van der Waals surface area contributed by atoms with Crippen molar-refractivity contribution >= 4 is 47.4 Å². The second-order valence-corrected chi connectivity index (χ2v) is 19.4. The smallest absolute Gasteiger partial charge is 0.309 e. The number of hydrogen-bond donors (Lipinski definition) is 1. The fourth-order valence-electron chi connectivity index (χ4n) is 7.26. The van der Waals surface area contributed by atoms with Gasteiger partial charge in [0.05, 0.1) is 24.0 Å². The maximum absolute atomic E-state index is 12.2. The highest BCUT2D eigenvalue weighted by molar-refractivity contribution is 6.76. The number of nitrogens with zero attached hydrogens (tertiary/aromatic N) is 5. The van der Waals surface area contributed by atoms with Crippen molar-refractivity contribution < 1.29 is 19.4 Å². The van der Waals surface area contributed by atoms with E-state index in [2.05, 4.69) is 82.2 Å². The lowest BCUT2D eigenvalue weighted by molar-refractivity contribution is -0.146. The maximum Gasteiger partial charge on any atom is 0.309 e. The van der Waals surface area contributed by atoms with Crippen LogP contribution in [0, 0.1) is 11.3 Å². The minimum atomic E-state index is -1.23. The van der Waals surface area contributed by atoms with E-state index in [1.807, 2.05) is 19.3 Å². The third kappa shape index (κ3) is 4.98. The Morgan fingerprint density at radius 1 is 1.09 bits per heavy atom. The molecular formula is C34H41N5O4Si. The van der Waals surface area contributed by atoms with Crippen LogP contribution in [0.1, 0.15) is 19.8 Å². The van der Waals surface area contributed by atoms with Gasteiger partial charge in [-0.1, -0.05) is 62.1 Å². The van der Waals surface area contributed by atoms with Crippen molar-refractivity contribution in [3.05, 3.63) is 61.1 Å². The average molecular weight is 612 g/mol. The lowest BCUT2D eigenvalue weighted by atomic mass is 9.69. The number of carbonyl (C=O) groups is 1. The van der Waals surface area contributed by atoms with Crippen molar-refractivity contribution in [3.63, 3.8) is 0 Å². The molecule has 2 aromatic carbocycles. The molecule has 0 saturated carbocycles. The molecule has 0 bridgehead atoms. The van der Waals surface area contributed by atoms with Gasteiger partial charge in [-0.25, -0.2) is 4.98 Å². The zero-order valence-electron chi connectivity index (χ0n) is 26.0. The predicted octanol–water partition coefficient (Wildman–Crippen LogP) is 6.52. The first-order valence-corrected chi connectivity index (χ1v) is 19.4. The van der Waals surface area contributed by atoms with E-state index in [0.717, 1.165) is 59.2 Å². The van der Waals surface area contributed by atoms with E-state index in [-0.39, 0.29) is 11.5 Å². The number of benzene rings is 2. The summed E-state index contributed by atoms with van der Waals surface area (Å²) in [5.74, 6) is -0.417. The molecule has 44 heavy (non-hydrogen) atoms. The van der Waals surface area contributed by atoms with Crippen molar-refractivity contribution in [1.29, 1.82) is 0 Å². The summed E-state index contributed by atoms with van der Waals surface area (Å²) in [5, 5.41) is 13.4. The quantitative estimate of drug-likeness (QED) is 0.158. The number of aliphatic carboxylic acids is 1. The van der Waals surface area contributed by atoms with Crippen LogP contribution in [0.15, 0.2) is 61.1 Å². The molecule has 5 heterocycles. The summed E-state index contributed by atoms with van der Waals surface area (Å²) in [6.07, 6.45) is 7.21. The molecule has 230 valence electrons. The number of fused-ring (bicyclic) bond motifs is 4. The molecule has 1 N–H and O–H groups in total. The van der Waals surface area contributed by atoms with Gasteiger partial charge in [0.25, 0.3) is 0 Å². The van der Waals surface area contributed by atoms with Gasteiger partial charge < -0.3 is 24.0 Å². The maximum atomic E-state index is 12.2. The Bertz CT molecular complexity index is 1840. The normalized spacial score (nSPS) is 20.4. The summed E-state index contributed by atoms with van der Waals surface area (Å²) >= 11 is 0. The third-order valence-corrected chi connectivity index (χ3v) is 11.4. The topological polar surface area (TPSA) is 94.1 Å². The van der Waals surface area contributed by atoms with Gasteiger partial charge in [-0.2, -0.15) is 4.98 Å². The van der Waals surface area contributed by atoms with Crippen LogP contribution in [0.5, 0.6) is 0 Å². The SMILES string of the molecule is C[C@@H]1OCC2(CCN(c3nc4c(c(-c5cccc6ccccc56)cn4COCC[Si](C)(C)C)c4nccn34)CC2)[C@@H]1C(=O)O. The number of carboxylic acids is 1. The summed E-state index contributed by atoms with van der Waals surface area (Å²) in [5.41, 5.74) is 3.58. The van der Waals surface area contributed by atoms with Crippen LogP contribution in [-0.4, -0.2) is 70.5 Å². The van der Waals surface area contributed by atoms with Gasteiger partial charge in [-0.05, 0) is 42.1 Å². The van der Waals surface area contributed by atoms with Gasteiger partial charge in [0, 0.05) is 57.3 Å². The molecular weight excluding hydrogens is 570 g/mol. The van der Waals surface area contributed by atoms with Crippen molar-refractivity contribution in [3.8, 4) is 11.1 Å².